The standard InChI is InChI=1S/C10H13N3O3/c14-8-3-5-12(6-8)10(16)7-13-9(15)2-1-4-11-13/h1-2,4,8,14H,3,5-7H2/t8-/m1/s1. The number of carbonyl (C=O) groups is 1. The van der Waals surface area contributed by atoms with Crippen LogP contribution in [0.25, 0.3) is 0 Å². The second kappa shape index (κ2) is 4.44. The number of hydrogen-bond donors (Lipinski definition) is 1. The van der Waals surface area contributed by atoms with Crippen molar-refractivity contribution in [2.45, 2.75) is 19.1 Å². The summed E-state index contributed by atoms with van der Waals surface area (Å²) in [6.45, 7) is 0.828. The maximum Gasteiger partial charge on any atom is 0.267 e. The van der Waals surface area contributed by atoms with Gasteiger partial charge in [-0.15, -0.1) is 0 Å². The summed E-state index contributed by atoms with van der Waals surface area (Å²) >= 11 is 0. The molecule has 0 radical (unpaired) electrons. The molecule has 0 aromatic carbocycles. The van der Waals surface area contributed by atoms with Crippen molar-refractivity contribution >= 4 is 5.91 Å². The molecule has 0 bridgehead atoms. The number of rotatable bonds is 2. The highest BCUT2D eigenvalue weighted by Crippen LogP contribution is 2.08. The van der Waals surface area contributed by atoms with E-state index in [0.29, 0.717) is 19.5 Å². The molecule has 6 heteroatoms. The molecule has 2 heterocycles. The van der Waals surface area contributed by atoms with Gasteiger partial charge in [-0.25, -0.2) is 4.68 Å². The molecule has 0 unspecified atom stereocenters. The van der Waals surface area contributed by atoms with Crippen LogP contribution in [0, 0.1) is 0 Å². The highest BCUT2D eigenvalue weighted by Gasteiger charge is 2.24. The number of β-amino-alcohol motifs (C(OH)–C–C–N with tert-alkyl or cyclic N) is 1. The minimum atomic E-state index is -0.440. The van der Waals surface area contributed by atoms with Crippen LogP contribution in [-0.4, -0.2) is 44.9 Å². The van der Waals surface area contributed by atoms with E-state index in [1.165, 1.54) is 18.3 Å². The third-order valence-electron chi connectivity index (χ3n) is 2.59. The van der Waals surface area contributed by atoms with Crippen LogP contribution in [0.15, 0.2) is 23.1 Å². The molecule has 1 aromatic heterocycles. The smallest absolute Gasteiger partial charge is 0.267 e. The van der Waals surface area contributed by atoms with Gasteiger partial charge in [-0.2, -0.15) is 5.10 Å². The SMILES string of the molecule is O=C(Cn1ncccc1=O)N1CC[C@@H](O)C1. The lowest BCUT2D eigenvalue weighted by atomic mass is 10.3. The van der Waals surface area contributed by atoms with Crippen molar-refractivity contribution in [3.05, 3.63) is 28.7 Å². The molecule has 1 atom stereocenters. The van der Waals surface area contributed by atoms with E-state index in [1.54, 1.807) is 4.90 Å². The van der Waals surface area contributed by atoms with Gasteiger partial charge in [0.2, 0.25) is 5.91 Å². The van der Waals surface area contributed by atoms with Crippen LogP contribution in [0.5, 0.6) is 0 Å². The number of likely N-dealkylation sites (tertiary alicyclic amines) is 1. The van der Waals surface area contributed by atoms with Gasteiger partial charge in [-0.05, 0) is 12.5 Å². The van der Waals surface area contributed by atoms with Crippen LogP contribution >= 0.6 is 0 Å². The molecule has 1 amide bonds. The van der Waals surface area contributed by atoms with Crippen molar-refractivity contribution in [2.24, 2.45) is 0 Å². The maximum absolute atomic E-state index is 11.7. The maximum atomic E-state index is 11.7. The number of nitrogens with zero attached hydrogens (tertiary/aromatic N) is 3. The number of carbonyl (C=O) groups excluding carboxylic acids is 1. The molecule has 2 rings (SSSR count). The summed E-state index contributed by atoms with van der Waals surface area (Å²) in [6.07, 6.45) is 1.63. The molecule has 0 aliphatic carbocycles. The Hall–Kier alpha value is -1.69. The third kappa shape index (κ3) is 2.27. The van der Waals surface area contributed by atoms with Crippen molar-refractivity contribution in [3.63, 3.8) is 0 Å². The van der Waals surface area contributed by atoms with E-state index in [9.17, 15) is 14.7 Å². The molecule has 0 spiro atoms. The summed E-state index contributed by atoms with van der Waals surface area (Å²) in [6, 6.07) is 2.89. The monoisotopic (exact) mass is 223 g/mol. The Morgan fingerprint density at radius 1 is 1.62 bits per heavy atom. The largest absolute Gasteiger partial charge is 0.391 e. The van der Waals surface area contributed by atoms with Gasteiger partial charge in [-0.3, -0.25) is 9.59 Å². The van der Waals surface area contributed by atoms with Gasteiger partial charge in [0.25, 0.3) is 5.56 Å². The van der Waals surface area contributed by atoms with Gasteiger partial charge < -0.3 is 10.0 Å². The number of hydrogen-bond acceptors (Lipinski definition) is 4. The molecule has 1 aliphatic rings. The molecular formula is C10H13N3O3. The molecule has 86 valence electrons. The van der Waals surface area contributed by atoms with Crippen LogP contribution in [-0.2, 0) is 11.3 Å². The first-order valence-corrected chi connectivity index (χ1v) is 5.15. The highest BCUT2D eigenvalue weighted by atomic mass is 16.3. The zero-order valence-electron chi connectivity index (χ0n) is 8.74. The Bertz CT molecular complexity index is 443. The molecule has 1 saturated heterocycles. The van der Waals surface area contributed by atoms with Crippen molar-refractivity contribution in [1.29, 1.82) is 0 Å². The first kappa shape index (κ1) is 10.8. The number of aliphatic hydroxyl groups excluding tert-OH is 1. The molecular weight excluding hydrogens is 210 g/mol. The summed E-state index contributed by atoms with van der Waals surface area (Å²) in [5, 5.41) is 13.1. The fourth-order valence-electron chi connectivity index (χ4n) is 1.70. The van der Waals surface area contributed by atoms with Crippen molar-refractivity contribution in [3.8, 4) is 0 Å². The van der Waals surface area contributed by atoms with E-state index >= 15 is 0 Å². The van der Waals surface area contributed by atoms with E-state index in [0.717, 1.165) is 4.68 Å². The zero-order valence-corrected chi connectivity index (χ0v) is 8.74. The van der Waals surface area contributed by atoms with Gasteiger partial charge in [0.05, 0.1) is 6.10 Å². The van der Waals surface area contributed by atoms with Crippen LogP contribution in [0.4, 0.5) is 0 Å². The van der Waals surface area contributed by atoms with Crippen LogP contribution in [0.2, 0.25) is 0 Å². The molecule has 0 saturated carbocycles. The molecule has 1 N–H and O–H groups in total. The average molecular weight is 223 g/mol. The van der Waals surface area contributed by atoms with E-state index in [1.807, 2.05) is 0 Å². The third-order valence-corrected chi connectivity index (χ3v) is 2.59. The fraction of sp³-hybridized carbons (Fsp3) is 0.500. The van der Waals surface area contributed by atoms with Gasteiger partial charge in [0.15, 0.2) is 0 Å². The summed E-state index contributed by atoms with van der Waals surface area (Å²) in [5.41, 5.74) is -0.296. The van der Waals surface area contributed by atoms with E-state index < -0.39 is 6.10 Å². The Morgan fingerprint density at radius 3 is 3.06 bits per heavy atom. The Morgan fingerprint density at radius 2 is 2.44 bits per heavy atom. The normalized spacial score (nSPS) is 20.1. The average Bonchev–Trinajstić information content (AvgIpc) is 2.68. The number of aromatic nitrogens is 2. The first-order valence-electron chi connectivity index (χ1n) is 5.15. The zero-order chi connectivity index (χ0) is 11.5. The lowest BCUT2D eigenvalue weighted by molar-refractivity contribution is -0.131. The highest BCUT2D eigenvalue weighted by molar-refractivity contribution is 5.76. The molecule has 6 nitrogen and oxygen atoms in total. The Kier molecular flexibility index (Phi) is 3.00. The second-order valence-corrected chi connectivity index (χ2v) is 3.80. The van der Waals surface area contributed by atoms with Gasteiger partial charge >= 0.3 is 0 Å². The second-order valence-electron chi connectivity index (χ2n) is 3.80. The minimum Gasteiger partial charge on any atom is -0.391 e. The van der Waals surface area contributed by atoms with E-state index in [-0.39, 0.29) is 18.0 Å². The molecule has 16 heavy (non-hydrogen) atoms. The molecule has 1 aromatic rings. The van der Waals surface area contributed by atoms with Crippen LogP contribution < -0.4 is 5.56 Å². The van der Waals surface area contributed by atoms with Crippen LogP contribution in [0.1, 0.15) is 6.42 Å². The Balaban J connectivity index is 2.03. The lowest BCUT2D eigenvalue weighted by Gasteiger charge is -2.15. The minimum absolute atomic E-state index is 0.0631. The van der Waals surface area contributed by atoms with Crippen LogP contribution in [0.3, 0.4) is 0 Å². The fourth-order valence-corrected chi connectivity index (χ4v) is 1.70. The molecule has 1 aliphatic heterocycles. The summed E-state index contributed by atoms with van der Waals surface area (Å²) in [5.74, 6) is -0.183. The summed E-state index contributed by atoms with van der Waals surface area (Å²) in [4.78, 5) is 24.6. The predicted octanol–water partition coefficient (Wildman–Crippen LogP) is -1.16. The first-order chi connectivity index (χ1) is 7.66. The van der Waals surface area contributed by atoms with Crippen molar-refractivity contribution < 1.29 is 9.90 Å². The summed E-state index contributed by atoms with van der Waals surface area (Å²) < 4.78 is 1.12. The summed E-state index contributed by atoms with van der Waals surface area (Å²) in [7, 11) is 0. The quantitative estimate of drug-likeness (QED) is 0.686. The lowest BCUT2D eigenvalue weighted by Crippen LogP contribution is -2.36. The Labute approximate surface area is 92.1 Å². The number of amides is 1. The van der Waals surface area contributed by atoms with Gasteiger partial charge in [-0.1, -0.05) is 0 Å². The van der Waals surface area contributed by atoms with Gasteiger partial charge in [0, 0.05) is 25.4 Å². The van der Waals surface area contributed by atoms with Crippen molar-refractivity contribution in [1.82, 2.24) is 14.7 Å². The van der Waals surface area contributed by atoms with Gasteiger partial charge in [0.1, 0.15) is 6.54 Å². The van der Waals surface area contributed by atoms with E-state index in [4.69, 9.17) is 0 Å². The predicted molar refractivity (Wildman–Crippen MR) is 55.7 cm³/mol. The topological polar surface area (TPSA) is 75.4 Å². The molecule has 1 fully saturated rings. The van der Waals surface area contributed by atoms with E-state index in [2.05, 4.69) is 5.10 Å². The van der Waals surface area contributed by atoms with Crippen molar-refractivity contribution in [2.75, 3.05) is 13.1 Å². The number of aliphatic hydroxyl groups is 1.